The predicted octanol–water partition coefficient (Wildman–Crippen LogP) is 3.73. The number of H-pyrrole nitrogens is 1. The molecule has 0 aliphatic carbocycles. The minimum atomic E-state index is -0.0814. The van der Waals surface area contributed by atoms with E-state index < -0.39 is 0 Å². The van der Waals surface area contributed by atoms with Crippen molar-refractivity contribution in [1.29, 1.82) is 0 Å². The topological polar surface area (TPSA) is 86.8 Å². The minimum absolute atomic E-state index is 0.0357. The largest absolute Gasteiger partial charge is 0.364 e. The van der Waals surface area contributed by atoms with Crippen LogP contribution in [-0.4, -0.2) is 37.9 Å². The molecule has 1 aliphatic heterocycles. The van der Waals surface area contributed by atoms with Crippen molar-refractivity contribution in [2.45, 2.75) is 32.4 Å². The second-order valence-electron chi connectivity index (χ2n) is 7.65. The van der Waals surface area contributed by atoms with Gasteiger partial charge in [-0.25, -0.2) is 15.0 Å². The van der Waals surface area contributed by atoms with E-state index in [0.29, 0.717) is 11.5 Å². The fraction of sp³-hybridized carbons (Fsp3) is 0.217. The number of aromatic nitrogens is 4. The summed E-state index contributed by atoms with van der Waals surface area (Å²) < 4.78 is 0. The van der Waals surface area contributed by atoms with Gasteiger partial charge >= 0.3 is 0 Å². The van der Waals surface area contributed by atoms with Crippen LogP contribution in [0.15, 0.2) is 61.2 Å². The van der Waals surface area contributed by atoms with Crippen LogP contribution in [0.25, 0.3) is 11.2 Å². The normalized spacial score (nSPS) is 17.1. The fourth-order valence-electron chi connectivity index (χ4n) is 4.28. The maximum atomic E-state index is 13.6. The van der Waals surface area contributed by atoms with Crippen molar-refractivity contribution in [2.24, 2.45) is 0 Å². The highest BCUT2D eigenvalue weighted by Gasteiger charge is 2.37. The van der Waals surface area contributed by atoms with E-state index in [1.165, 1.54) is 6.33 Å². The number of aromatic amines is 1. The molecule has 7 nitrogen and oxygen atoms in total. The summed E-state index contributed by atoms with van der Waals surface area (Å²) in [4.78, 5) is 31.4. The molecule has 7 heteroatoms. The summed E-state index contributed by atoms with van der Waals surface area (Å²) in [5.41, 5.74) is 5.16. The monoisotopic (exact) mass is 398 g/mol. The van der Waals surface area contributed by atoms with E-state index in [4.69, 9.17) is 0 Å². The first-order valence-corrected chi connectivity index (χ1v) is 10.0. The molecule has 5 rings (SSSR count). The van der Waals surface area contributed by atoms with Crippen LogP contribution in [-0.2, 0) is 6.42 Å². The van der Waals surface area contributed by atoms with Crippen molar-refractivity contribution in [3.8, 4) is 0 Å². The SMILES string of the molecule is Cc1cccc2c1C(=O)N(c1ccccc1)C([C@@H](C)Nc1ncnc3nc[nH]c13)C2. The van der Waals surface area contributed by atoms with Crippen molar-refractivity contribution in [1.82, 2.24) is 19.9 Å². The van der Waals surface area contributed by atoms with Gasteiger partial charge < -0.3 is 15.2 Å². The average molecular weight is 398 g/mol. The molecular formula is C23H22N6O. The molecule has 0 bridgehead atoms. The lowest BCUT2D eigenvalue weighted by Gasteiger charge is -2.40. The third-order valence-corrected chi connectivity index (χ3v) is 5.75. The van der Waals surface area contributed by atoms with Gasteiger partial charge in [0.15, 0.2) is 11.5 Å². The predicted molar refractivity (Wildman–Crippen MR) is 117 cm³/mol. The molecule has 2 N–H and O–H groups in total. The average Bonchev–Trinajstić information content (AvgIpc) is 3.24. The zero-order valence-corrected chi connectivity index (χ0v) is 16.8. The standard InChI is InChI=1S/C23H22N6O/c1-14-7-6-8-16-11-18(29(23(30)19(14)16)17-9-4-3-5-10-17)15(2)28-22-20-21(25-12-24-20)26-13-27-22/h3-10,12-13,15,18H,11H2,1-2H3,(H2,24,25,26,27,28)/t15-,18?/m1/s1. The molecule has 0 saturated heterocycles. The van der Waals surface area contributed by atoms with Crippen molar-refractivity contribution in [3.63, 3.8) is 0 Å². The first kappa shape index (κ1) is 18.3. The van der Waals surface area contributed by atoms with E-state index >= 15 is 0 Å². The number of carbonyl (C=O) groups is 1. The smallest absolute Gasteiger partial charge is 0.259 e. The van der Waals surface area contributed by atoms with E-state index in [1.54, 1.807) is 6.33 Å². The molecule has 2 aromatic carbocycles. The van der Waals surface area contributed by atoms with Gasteiger partial charge in [0.05, 0.1) is 12.4 Å². The zero-order valence-electron chi connectivity index (χ0n) is 16.8. The Morgan fingerprint density at radius 3 is 2.77 bits per heavy atom. The quantitative estimate of drug-likeness (QED) is 0.547. The lowest BCUT2D eigenvalue weighted by Crippen LogP contribution is -2.53. The van der Waals surface area contributed by atoms with E-state index in [0.717, 1.165) is 34.3 Å². The second-order valence-corrected chi connectivity index (χ2v) is 7.65. The molecule has 150 valence electrons. The Morgan fingerprint density at radius 2 is 1.93 bits per heavy atom. The fourth-order valence-corrected chi connectivity index (χ4v) is 4.28. The van der Waals surface area contributed by atoms with Crippen LogP contribution in [0.3, 0.4) is 0 Å². The van der Waals surface area contributed by atoms with Gasteiger partial charge in [-0.15, -0.1) is 0 Å². The summed E-state index contributed by atoms with van der Waals surface area (Å²) in [6.45, 7) is 4.08. The Balaban J connectivity index is 1.56. The molecule has 4 aromatic rings. The Bertz CT molecular complexity index is 1220. The molecule has 3 heterocycles. The van der Waals surface area contributed by atoms with Gasteiger partial charge in [-0.2, -0.15) is 0 Å². The maximum absolute atomic E-state index is 13.6. The summed E-state index contributed by atoms with van der Waals surface area (Å²) in [6.07, 6.45) is 3.86. The van der Waals surface area contributed by atoms with Crippen LogP contribution in [0, 0.1) is 6.92 Å². The number of imidazole rings is 1. The van der Waals surface area contributed by atoms with Gasteiger partial charge in [-0.3, -0.25) is 4.79 Å². The van der Waals surface area contributed by atoms with E-state index in [9.17, 15) is 4.79 Å². The Hall–Kier alpha value is -3.74. The van der Waals surface area contributed by atoms with Crippen LogP contribution in [0.2, 0.25) is 0 Å². The summed E-state index contributed by atoms with van der Waals surface area (Å²) >= 11 is 0. The Morgan fingerprint density at radius 1 is 1.10 bits per heavy atom. The molecule has 30 heavy (non-hydrogen) atoms. The highest BCUT2D eigenvalue weighted by molar-refractivity contribution is 6.09. The number of anilines is 2. The van der Waals surface area contributed by atoms with E-state index in [1.807, 2.05) is 54.3 Å². The van der Waals surface area contributed by atoms with Crippen molar-refractivity contribution >= 4 is 28.6 Å². The molecule has 1 unspecified atom stereocenters. The van der Waals surface area contributed by atoms with Crippen LogP contribution < -0.4 is 10.2 Å². The lowest BCUT2D eigenvalue weighted by atomic mass is 9.87. The molecular weight excluding hydrogens is 376 g/mol. The zero-order chi connectivity index (χ0) is 20.7. The van der Waals surface area contributed by atoms with Gasteiger partial charge in [-0.05, 0) is 43.5 Å². The number of hydrogen-bond acceptors (Lipinski definition) is 5. The van der Waals surface area contributed by atoms with Crippen LogP contribution in [0.4, 0.5) is 11.5 Å². The number of aryl methyl sites for hydroxylation is 1. The van der Waals surface area contributed by atoms with Gasteiger partial charge in [-0.1, -0.05) is 36.4 Å². The summed E-state index contributed by atoms with van der Waals surface area (Å²) in [7, 11) is 0. The number of hydrogen-bond donors (Lipinski definition) is 2. The number of amides is 1. The number of carbonyl (C=O) groups excluding carboxylic acids is 1. The third-order valence-electron chi connectivity index (χ3n) is 5.75. The van der Waals surface area contributed by atoms with Gasteiger partial charge in [0.25, 0.3) is 5.91 Å². The highest BCUT2D eigenvalue weighted by atomic mass is 16.2. The third kappa shape index (κ3) is 2.99. The molecule has 0 spiro atoms. The van der Waals surface area contributed by atoms with E-state index in [2.05, 4.69) is 38.2 Å². The summed E-state index contributed by atoms with van der Waals surface area (Å²) in [6, 6.07) is 15.8. The molecule has 1 amide bonds. The number of nitrogens with one attached hydrogen (secondary N) is 2. The number of nitrogens with zero attached hydrogens (tertiary/aromatic N) is 4. The first-order chi connectivity index (χ1) is 14.6. The van der Waals surface area contributed by atoms with Crippen molar-refractivity contribution in [2.75, 3.05) is 10.2 Å². The van der Waals surface area contributed by atoms with Crippen molar-refractivity contribution in [3.05, 3.63) is 77.9 Å². The summed E-state index contributed by atoms with van der Waals surface area (Å²) in [5.74, 6) is 0.717. The van der Waals surface area contributed by atoms with Gasteiger partial charge in [0.1, 0.15) is 11.8 Å². The Kier molecular flexibility index (Phi) is 4.43. The van der Waals surface area contributed by atoms with Gasteiger partial charge in [0.2, 0.25) is 0 Å². The first-order valence-electron chi connectivity index (χ1n) is 10.0. The molecule has 2 aromatic heterocycles. The number of rotatable bonds is 4. The number of para-hydroxylation sites is 1. The molecule has 1 aliphatic rings. The number of fused-ring (bicyclic) bond motifs is 2. The number of benzene rings is 2. The van der Waals surface area contributed by atoms with Crippen LogP contribution >= 0.6 is 0 Å². The Labute approximate surface area is 174 Å². The maximum Gasteiger partial charge on any atom is 0.259 e. The van der Waals surface area contributed by atoms with Crippen LogP contribution in [0.5, 0.6) is 0 Å². The molecule has 0 radical (unpaired) electrons. The van der Waals surface area contributed by atoms with E-state index in [-0.39, 0.29) is 18.0 Å². The summed E-state index contributed by atoms with van der Waals surface area (Å²) in [5, 5.41) is 3.49. The highest BCUT2D eigenvalue weighted by Crippen LogP contribution is 2.32. The molecule has 2 atom stereocenters. The molecule has 0 fully saturated rings. The van der Waals surface area contributed by atoms with Crippen LogP contribution in [0.1, 0.15) is 28.4 Å². The lowest BCUT2D eigenvalue weighted by molar-refractivity contribution is 0.0964. The minimum Gasteiger partial charge on any atom is -0.364 e. The van der Waals surface area contributed by atoms with Gasteiger partial charge in [0, 0.05) is 17.3 Å². The molecule has 0 saturated carbocycles. The second kappa shape index (κ2) is 7.26. The van der Waals surface area contributed by atoms with Crippen molar-refractivity contribution < 1.29 is 4.79 Å².